The zero-order valence-electron chi connectivity index (χ0n) is 20.7. The van der Waals surface area contributed by atoms with E-state index in [1.54, 1.807) is 41.3 Å². The summed E-state index contributed by atoms with van der Waals surface area (Å²) in [6.07, 6.45) is 1.37. The van der Waals surface area contributed by atoms with Gasteiger partial charge < -0.3 is 19.7 Å². The summed E-state index contributed by atoms with van der Waals surface area (Å²) in [6.45, 7) is 4.80. The highest BCUT2D eigenvalue weighted by Gasteiger charge is 2.32. The molecule has 0 aromatic heterocycles. The van der Waals surface area contributed by atoms with Gasteiger partial charge in [0.05, 0.1) is 7.11 Å². The largest absolute Gasteiger partial charge is 0.493 e. The Hall–Kier alpha value is -2.74. The van der Waals surface area contributed by atoms with Crippen molar-refractivity contribution in [3.63, 3.8) is 0 Å². The molecule has 1 N–H and O–H groups in total. The molecule has 0 bridgehead atoms. The van der Waals surface area contributed by atoms with Crippen molar-refractivity contribution in [3.8, 4) is 11.5 Å². The minimum Gasteiger partial charge on any atom is -0.493 e. The summed E-state index contributed by atoms with van der Waals surface area (Å²) in [5, 5.41) is 3.96. The smallest absolute Gasteiger partial charge is 0.252 e. The summed E-state index contributed by atoms with van der Waals surface area (Å²) in [5.41, 5.74) is 4.05. The number of carbonyl (C=O) groups excluding carboxylic acids is 2. The number of amides is 2. The molecule has 1 fully saturated rings. The van der Waals surface area contributed by atoms with Gasteiger partial charge in [0.1, 0.15) is 12.6 Å². The van der Waals surface area contributed by atoms with Gasteiger partial charge in [-0.1, -0.05) is 45.2 Å². The lowest BCUT2D eigenvalue weighted by atomic mass is 10.00. The molecule has 1 heterocycles. The Bertz CT molecular complexity index is 1320. The van der Waals surface area contributed by atoms with E-state index in [2.05, 4.69) is 21.2 Å². The van der Waals surface area contributed by atoms with Crippen LogP contribution in [0.5, 0.6) is 11.5 Å². The van der Waals surface area contributed by atoms with E-state index in [-0.39, 0.29) is 18.4 Å². The predicted octanol–water partition coefficient (Wildman–Crippen LogP) is 6.89. The van der Waals surface area contributed by atoms with Crippen molar-refractivity contribution in [2.24, 2.45) is 0 Å². The number of hydrogen-bond donors (Lipinski definition) is 1. The van der Waals surface area contributed by atoms with E-state index < -0.39 is 6.04 Å². The van der Waals surface area contributed by atoms with E-state index in [1.807, 2.05) is 26.0 Å². The number of anilines is 1. The summed E-state index contributed by atoms with van der Waals surface area (Å²) in [6, 6.07) is 13.5. The van der Waals surface area contributed by atoms with E-state index in [1.165, 1.54) is 7.11 Å². The number of halogens is 3. The number of benzene rings is 3. The van der Waals surface area contributed by atoms with Crippen LogP contribution < -0.4 is 19.7 Å². The summed E-state index contributed by atoms with van der Waals surface area (Å²) in [7, 11) is 1.50. The first kappa shape index (κ1) is 27.3. The lowest BCUT2D eigenvalue weighted by molar-refractivity contribution is -0.121. The Labute approximate surface area is 235 Å². The summed E-state index contributed by atoms with van der Waals surface area (Å²) in [5.74, 6) is 0.400. The Morgan fingerprint density at radius 2 is 1.81 bits per heavy atom. The molecule has 1 aliphatic rings. The number of hydrogen-bond acceptors (Lipinski definition) is 4. The van der Waals surface area contributed by atoms with Gasteiger partial charge in [0, 0.05) is 37.9 Å². The number of piperidine rings is 1. The number of nitrogens with zero attached hydrogens (tertiary/aromatic N) is 1. The first-order valence-electron chi connectivity index (χ1n) is 11.8. The minimum atomic E-state index is -0.613. The van der Waals surface area contributed by atoms with Crippen molar-refractivity contribution in [2.45, 2.75) is 39.3 Å². The molecule has 37 heavy (non-hydrogen) atoms. The van der Waals surface area contributed by atoms with E-state index in [4.69, 9.17) is 32.7 Å². The van der Waals surface area contributed by atoms with Gasteiger partial charge in [-0.05, 0) is 80.3 Å². The monoisotopic (exact) mass is 604 g/mol. The highest BCUT2D eigenvalue weighted by atomic mass is 79.9. The molecule has 194 valence electrons. The van der Waals surface area contributed by atoms with Crippen LogP contribution in [0.15, 0.2) is 53.0 Å². The highest BCUT2D eigenvalue weighted by molar-refractivity contribution is 9.10. The maximum atomic E-state index is 13.4. The predicted molar refractivity (Wildman–Crippen MR) is 150 cm³/mol. The zero-order chi connectivity index (χ0) is 26.7. The van der Waals surface area contributed by atoms with Gasteiger partial charge in [0.2, 0.25) is 5.91 Å². The number of aryl methyl sites for hydroxylation is 2. The van der Waals surface area contributed by atoms with Gasteiger partial charge >= 0.3 is 0 Å². The second kappa shape index (κ2) is 11.8. The van der Waals surface area contributed by atoms with Gasteiger partial charge in [-0.25, -0.2) is 0 Å². The first-order valence-corrected chi connectivity index (χ1v) is 13.4. The molecule has 0 spiro atoms. The lowest BCUT2D eigenvalue weighted by Gasteiger charge is -2.34. The summed E-state index contributed by atoms with van der Waals surface area (Å²) >= 11 is 15.7. The molecule has 9 heteroatoms. The Kier molecular flexibility index (Phi) is 8.67. The van der Waals surface area contributed by atoms with Crippen LogP contribution in [0.3, 0.4) is 0 Å². The molecule has 4 rings (SSSR count). The third kappa shape index (κ3) is 6.22. The van der Waals surface area contributed by atoms with Crippen LogP contribution in [0.4, 0.5) is 5.69 Å². The Morgan fingerprint density at radius 1 is 1.08 bits per heavy atom. The van der Waals surface area contributed by atoms with Crippen molar-refractivity contribution in [1.29, 1.82) is 0 Å². The average Bonchev–Trinajstić information content (AvgIpc) is 2.85. The maximum Gasteiger partial charge on any atom is 0.252 e. The van der Waals surface area contributed by atoms with Crippen LogP contribution in [0.25, 0.3) is 0 Å². The van der Waals surface area contributed by atoms with Gasteiger partial charge in [-0.2, -0.15) is 0 Å². The average molecular weight is 606 g/mol. The summed E-state index contributed by atoms with van der Waals surface area (Å²) < 4.78 is 12.3. The number of nitrogens with one attached hydrogen (secondary N) is 1. The fourth-order valence-corrected chi connectivity index (χ4v) is 5.67. The minimum absolute atomic E-state index is 0.111. The number of carbonyl (C=O) groups is 2. The molecule has 0 aliphatic carbocycles. The van der Waals surface area contributed by atoms with Gasteiger partial charge in [-0.15, -0.1) is 0 Å². The van der Waals surface area contributed by atoms with E-state index in [0.717, 1.165) is 33.3 Å². The molecule has 3 aromatic carbocycles. The van der Waals surface area contributed by atoms with Gasteiger partial charge in [0.25, 0.3) is 5.91 Å². The van der Waals surface area contributed by atoms with Crippen LogP contribution in [0.2, 0.25) is 10.0 Å². The SMILES string of the molecule is COc1cc(C(=O)NC2CCCN(c3c(C)cc(Br)cc3C)C2=O)ccc1OCc1ccc(Cl)cc1Cl. The van der Waals surface area contributed by atoms with Crippen LogP contribution in [0.1, 0.15) is 39.9 Å². The van der Waals surface area contributed by atoms with Gasteiger partial charge in [0.15, 0.2) is 11.5 Å². The Morgan fingerprint density at radius 3 is 2.49 bits per heavy atom. The second-order valence-corrected chi connectivity index (χ2v) is 10.7. The van der Waals surface area contributed by atoms with Crippen molar-refractivity contribution in [3.05, 3.63) is 85.3 Å². The van der Waals surface area contributed by atoms with Crippen LogP contribution in [-0.4, -0.2) is 31.5 Å². The molecule has 0 radical (unpaired) electrons. The fraction of sp³-hybridized carbons (Fsp3) is 0.286. The van der Waals surface area contributed by atoms with Crippen molar-refractivity contribution >= 4 is 56.6 Å². The molecule has 1 unspecified atom stereocenters. The fourth-order valence-electron chi connectivity index (χ4n) is 4.52. The third-order valence-corrected chi connectivity index (χ3v) is 7.34. The molecule has 0 saturated carbocycles. The highest BCUT2D eigenvalue weighted by Crippen LogP contribution is 2.32. The van der Waals surface area contributed by atoms with E-state index in [0.29, 0.717) is 40.1 Å². The maximum absolute atomic E-state index is 13.4. The molecule has 1 aliphatic heterocycles. The molecule has 3 aromatic rings. The number of rotatable bonds is 7. The van der Waals surface area contributed by atoms with Gasteiger partial charge in [-0.3, -0.25) is 9.59 Å². The van der Waals surface area contributed by atoms with E-state index >= 15 is 0 Å². The molecular formula is C28H27BrCl2N2O4. The number of methoxy groups -OCH3 is 1. The lowest BCUT2D eigenvalue weighted by Crippen LogP contribution is -2.52. The topological polar surface area (TPSA) is 67.9 Å². The van der Waals surface area contributed by atoms with Crippen LogP contribution in [0, 0.1) is 13.8 Å². The summed E-state index contributed by atoms with van der Waals surface area (Å²) in [4.78, 5) is 28.2. The molecular weight excluding hydrogens is 579 g/mol. The molecule has 1 atom stereocenters. The zero-order valence-corrected chi connectivity index (χ0v) is 23.8. The van der Waals surface area contributed by atoms with Crippen LogP contribution >= 0.6 is 39.1 Å². The van der Waals surface area contributed by atoms with Crippen LogP contribution in [-0.2, 0) is 11.4 Å². The second-order valence-electron chi connectivity index (χ2n) is 8.94. The van der Waals surface area contributed by atoms with E-state index in [9.17, 15) is 9.59 Å². The standard InChI is InChI=1S/C28H27BrCl2N2O4/c1-16-11-20(29)12-17(2)26(16)33-10-4-5-23(28(33)35)32-27(34)18-7-9-24(25(13-18)36-3)37-15-19-6-8-21(30)14-22(19)31/h6-9,11-14,23H,4-5,10,15H2,1-3H3,(H,32,34). The third-order valence-electron chi connectivity index (χ3n) is 6.29. The van der Waals surface area contributed by atoms with Crippen molar-refractivity contribution < 1.29 is 19.1 Å². The number of ether oxygens (including phenoxy) is 2. The first-order chi connectivity index (χ1) is 17.7. The van der Waals surface area contributed by atoms with Crippen molar-refractivity contribution in [1.82, 2.24) is 5.32 Å². The normalized spacial score (nSPS) is 15.5. The quantitative estimate of drug-likeness (QED) is 0.319. The Balaban J connectivity index is 1.46. The van der Waals surface area contributed by atoms with Crippen molar-refractivity contribution in [2.75, 3.05) is 18.6 Å². The molecule has 6 nitrogen and oxygen atoms in total. The molecule has 2 amide bonds. The molecule has 1 saturated heterocycles.